The number of carbonyl (C=O) groups excluding carboxylic acids is 1. The standard InChI is InChI=1S/C10H20N2O2S/c1-8(7-15-2)5-12-10(13)9-6-14-4-3-11-9/h8-9,11H,3-7H2,1-2H3,(H,12,13). The van der Waals surface area contributed by atoms with Crippen LogP contribution in [0, 0.1) is 5.92 Å². The molecule has 0 aromatic rings. The van der Waals surface area contributed by atoms with Crippen LogP contribution in [0.1, 0.15) is 6.92 Å². The molecule has 1 rings (SSSR count). The van der Waals surface area contributed by atoms with Gasteiger partial charge in [0, 0.05) is 13.1 Å². The Bertz CT molecular complexity index is 196. The number of carbonyl (C=O) groups is 1. The quantitative estimate of drug-likeness (QED) is 0.705. The monoisotopic (exact) mass is 232 g/mol. The molecule has 0 saturated carbocycles. The normalized spacial score (nSPS) is 23.5. The van der Waals surface area contributed by atoms with Gasteiger partial charge in [-0.15, -0.1) is 0 Å². The molecule has 5 heteroatoms. The van der Waals surface area contributed by atoms with Gasteiger partial charge in [0.15, 0.2) is 0 Å². The highest BCUT2D eigenvalue weighted by Gasteiger charge is 2.20. The smallest absolute Gasteiger partial charge is 0.239 e. The molecule has 88 valence electrons. The molecule has 0 radical (unpaired) electrons. The summed E-state index contributed by atoms with van der Waals surface area (Å²) in [6.45, 7) is 4.84. The molecule has 2 N–H and O–H groups in total. The van der Waals surface area contributed by atoms with Gasteiger partial charge in [0.05, 0.1) is 13.2 Å². The lowest BCUT2D eigenvalue weighted by Gasteiger charge is -2.23. The highest BCUT2D eigenvalue weighted by Crippen LogP contribution is 2.02. The number of morpholine rings is 1. The van der Waals surface area contributed by atoms with Gasteiger partial charge in [-0.3, -0.25) is 4.79 Å². The predicted octanol–water partition coefficient (Wildman–Crippen LogP) is 0.0901. The topological polar surface area (TPSA) is 50.4 Å². The number of thioether (sulfide) groups is 1. The minimum Gasteiger partial charge on any atom is -0.378 e. The lowest BCUT2D eigenvalue weighted by Crippen LogP contribution is -2.51. The molecular weight excluding hydrogens is 212 g/mol. The fourth-order valence-corrected chi connectivity index (χ4v) is 2.16. The van der Waals surface area contributed by atoms with Crippen molar-refractivity contribution in [3.05, 3.63) is 0 Å². The van der Waals surface area contributed by atoms with Crippen molar-refractivity contribution in [2.75, 3.05) is 38.3 Å². The van der Waals surface area contributed by atoms with Crippen LogP contribution in [-0.4, -0.2) is 50.3 Å². The molecule has 15 heavy (non-hydrogen) atoms. The van der Waals surface area contributed by atoms with E-state index in [0.29, 0.717) is 19.1 Å². The molecule has 1 saturated heterocycles. The van der Waals surface area contributed by atoms with Crippen LogP contribution in [0.5, 0.6) is 0 Å². The molecule has 0 spiro atoms. The fourth-order valence-electron chi connectivity index (χ4n) is 1.48. The number of nitrogens with one attached hydrogen (secondary N) is 2. The van der Waals surface area contributed by atoms with Crippen LogP contribution in [0.4, 0.5) is 0 Å². The summed E-state index contributed by atoms with van der Waals surface area (Å²) in [4.78, 5) is 11.6. The molecule has 4 nitrogen and oxygen atoms in total. The van der Waals surface area contributed by atoms with Gasteiger partial charge < -0.3 is 15.4 Å². The summed E-state index contributed by atoms with van der Waals surface area (Å²) in [5, 5.41) is 6.07. The van der Waals surface area contributed by atoms with Gasteiger partial charge in [0.1, 0.15) is 6.04 Å². The number of amides is 1. The van der Waals surface area contributed by atoms with Crippen molar-refractivity contribution in [2.45, 2.75) is 13.0 Å². The third-order valence-electron chi connectivity index (χ3n) is 2.31. The van der Waals surface area contributed by atoms with Crippen LogP contribution < -0.4 is 10.6 Å². The summed E-state index contributed by atoms with van der Waals surface area (Å²) >= 11 is 1.81. The third kappa shape index (κ3) is 4.86. The van der Waals surface area contributed by atoms with Crippen molar-refractivity contribution in [3.8, 4) is 0 Å². The van der Waals surface area contributed by atoms with E-state index >= 15 is 0 Å². The van der Waals surface area contributed by atoms with E-state index in [1.165, 1.54) is 0 Å². The Morgan fingerprint density at radius 3 is 3.13 bits per heavy atom. The van der Waals surface area contributed by atoms with Gasteiger partial charge in [-0.05, 0) is 17.9 Å². The van der Waals surface area contributed by atoms with Gasteiger partial charge in [-0.2, -0.15) is 11.8 Å². The number of hydrogen-bond donors (Lipinski definition) is 2. The first kappa shape index (κ1) is 12.8. The minimum atomic E-state index is -0.166. The molecule has 0 bridgehead atoms. The Hall–Kier alpha value is -0.260. The van der Waals surface area contributed by atoms with Gasteiger partial charge in [-0.25, -0.2) is 0 Å². The predicted molar refractivity (Wildman–Crippen MR) is 63.2 cm³/mol. The second-order valence-corrected chi connectivity index (χ2v) is 4.80. The van der Waals surface area contributed by atoms with Crippen LogP contribution in [-0.2, 0) is 9.53 Å². The molecule has 1 fully saturated rings. The minimum absolute atomic E-state index is 0.0580. The van der Waals surface area contributed by atoms with Gasteiger partial charge >= 0.3 is 0 Å². The molecule has 1 aliphatic heterocycles. The van der Waals surface area contributed by atoms with E-state index in [4.69, 9.17) is 4.74 Å². The molecule has 2 unspecified atom stereocenters. The van der Waals surface area contributed by atoms with Crippen molar-refractivity contribution in [1.29, 1.82) is 0 Å². The van der Waals surface area contributed by atoms with Gasteiger partial charge in [0.2, 0.25) is 5.91 Å². The van der Waals surface area contributed by atoms with Gasteiger partial charge in [-0.1, -0.05) is 6.92 Å². The molecular formula is C10H20N2O2S. The van der Waals surface area contributed by atoms with Crippen molar-refractivity contribution in [2.24, 2.45) is 5.92 Å². The molecule has 2 atom stereocenters. The Morgan fingerprint density at radius 1 is 1.73 bits per heavy atom. The largest absolute Gasteiger partial charge is 0.378 e. The Kier molecular flexibility index (Phi) is 6.05. The lowest BCUT2D eigenvalue weighted by atomic mass is 10.2. The first-order valence-corrected chi connectivity index (χ1v) is 6.71. The van der Waals surface area contributed by atoms with E-state index in [-0.39, 0.29) is 11.9 Å². The summed E-state index contributed by atoms with van der Waals surface area (Å²) in [6.07, 6.45) is 2.08. The van der Waals surface area contributed by atoms with E-state index < -0.39 is 0 Å². The first-order chi connectivity index (χ1) is 7.24. The van der Waals surface area contributed by atoms with Crippen LogP contribution in [0.25, 0.3) is 0 Å². The average molecular weight is 232 g/mol. The van der Waals surface area contributed by atoms with E-state index in [1.54, 1.807) is 11.8 Å². The fraction of sp³-hybridized carbons (Fsp3) is 0.900. The van der Waals surface area contributed by atoms with Crippen LogP contribution in [0.3, 0.4) is 0 Å². The maximum absolute atomic E-state index is 11.6. The van der Waals surface area contributed by atoms with E-state index in [1.807, 2.05) is 0 Å². The Morgan fingerprint density at radius 2 is 2.53 bits per heavy atom. The summed E-state index contributed by atoms with van der Waals surface area (Å²) in [5.41, 5.74) is 0. The summed E-state index contributed by atoms with van der Waals surface area (Å²) in [5.74, 6) is 1.66. The number of ether oxygens (including phenoxy) is 1. The van der Waals surface area contributed by atoms with Crippen molar-refractivity contribution in [3.63, 3.8) is 0 Å². The molecule has 0 aromatic carbocycles. The van der Waals surface area contributed by atoms with E-state index in [9.17, 15) is 4.79 Å². The van der Waals surface area contributed by atoms with Crippen LogP contribution >= 0.6 is 11.8 Å². The Balaban J connectivity index is 2.16. The highest BCUT2D eigenvalue weighted by molar-refractivity contribution is 7.98. The zero-order chi connectivity index (χ0) is 11.1. The SMILES string of the molecule is CSCC(C)CNC(=O)C1COCCN1. The second-order valence-electron chi connectivity index (χ2n) is 3.89. The zero-order valence-corrected chi connectivity index (χ0v) is 10.2. The van der Waals surface area contributed by atoms with Crippen LogP contribution in [0.2, 0.25) is 0 Å². The maximum atomic E-state index is 11.6. The van der Waals surface area contributed by atoms with Gasteiger partial charge in [0.25, 0.3) is 0 Å². The molecule has 0 aromatic heterocycles. The molecule has 1 heterocycles. The van der Waals surface area contributed by atoms with Crippen molar-refractivity contribution >= 4 is 17.7 Å². The molecule has 1 aliphatic rings. The van der Waals surface area contributed by atoms with E-state index in [2.05, 4.69) is 23.8 Å². The Labute approximate surface area is 95.5 Å². The number of hydrogen-bond acceptors (Lipinski definition) is 4. The summed E-state index contributed by atoms with van der Waals surface area (Å²) in [6, 6.07) is -0.166. The molecule has 1 amide bonds. The lowest BCUT2D eigenvalue weighted by molar-refractivity contribution is -0.126. The molecule has 0 aliphatic carbocycles. The first-order valence-electron chi connectivity index (χ1n) is 5.31. The van der Waals surface area contributed by atoms with E-state index in [0.717, 1.165) is 18.8 Å². The highest BCUT2D eigenvalue weighted by atomic mass is 32.2. The van der Waals surface area contributed by atoms with Crippen LogP contribution in [0.15, 0.2) is 0 Å². The number of rotatable bonds is 5. The van der Waals surface area contributed by atoms with Crippen molar-refractivity contribution < 1.29 is 9.53 Å². The van der Waals surface area contributed by atoms with Crippen molar-refractivity contribution in [1.82, 2.24) is 10.6 Å². The third-order valence-corrected chi connectivity index (χ3v) is 3.22. The second kappa shape index (κ2) is 7.09. The zero-order valence-electron chi connectivity index (χ0n) is 9.41. The average Bonchev–Trinajstić information content (AvgIpc) is 2.27. The summed E-state index contributed by atoms with van der Waals surface area (Å²) < 4.78 is 5.23. The maximum Gasteiger partial charge on any atom is 0.239 e. The summed E-state index contributed by atoms with van der Waals surface area (Å²) in [7, 11) is 0.